The maximum Gasteiger partial charge on any atom is 0.317 e. The number of hydrogen-bond donors (Lipinski definition) is 1. The Balaban J connectivity index is 1.32. The van der Waals surface area contributed by atoms with Gasteiger partial charge >= 0.3 is 6.03 Å². The summed E-state index contributed by atoms with van der Waals surface area (Å²) in [6, 6.07) is 11.4. The van der Waals surface area contributed by atoms with E-state index in [1.807, 2.05) is 11.0 Å². The molecular formula is C21H33N3O. The van der Waals surface area contributed by atoms with Crippen molar-refractivity contribution in [3.8, 4) is 0 Å². The van der Waals surface area contributed by atoms with Gasteiger partial charge in [-0.1, -0.05) is 56.0 Å². The Kier molecular flexibility index (Phi) is 7.16. The van der Waals surface area contributed by atoms with Gasteiger partial charge in [0.05, 0.1) is 0 Å². The number of nitrogens with one attached hydrogen (secondary N) is 1. The third kappa shape index (κ3) is 5.74. The van der Waals surface area contributed by atoms with Gasteiger partial charge in [-0.25, -0.2) is 4.79 Å². The predicted molar refractivity (Wildman–Crippen MR) is 103 cm³/mol. The lowest BCUT2D eigenvalue weighted by Crippen LogP contribution is -2.54. The number of piperazine rings is 1. The van der Waals surface area contributed by atoms with Gasteiger partial charge in [-0.2, -0.15) is 0 Å². The monoisotopic (exact) mass is 343 g/mol. The first-order valence-corrected chi connectivity index (χ1v) is 10.1. The molecule has 4 heteroatoms. The van der Waals surface area contributed by atoms with Gasteiger partial charge in [0.2, 0.25) is 0 Å². The largest absolute Gasteiger partial charge is 0.338 e. The number of carbonyl (C=O) groups excluding carboxylic acids is 1. The number of hydrogen-bond acceptors (Lipinski definition) is 2. The average Bonchev–Trinajstić information content (AvgIpc) is 2.95. The van der Waals surface area contributed by atoms with E-state index < -0.39 is 0 Å². The second kappa shape index (κ2) is 9.81. The second-order valence-electron chi connectivity index (χ2n) is 7.49. The quantitative estimate of drug-likeness (QED) is 0.654. The van der Waals surface area contributed by atoms with Crippen LogP contribution in [0.1, 0.15) is 50.5 Å². The van der Waals surface area contributed by atoms with E-state index in [1.54, 1.807) is 0 Å². The molecule has 2 aliphatic rings. The van der Waals surface area contributed by atoms with Crippen molar-refractivity contribution in [3.05, 3.63) is 35.9 Å². The van der Waals surface area contributed by atoms with E-state index in [0.29, 0.717) is 0 Å². The van der Waals surface area contributed by atoms with E-state index in [1.165, 1.54) is 44.1 Å². The molecule has 0 bridgehead atoms. The molecule has 1 N–H and O–H groups in total. The second-order valence-corrected chi connectivity index (χ2v) is 7.49. The van der Waals surface area contributed by atoms with E-state index in [2.05, 4.69) is 34.5 Å². The molecule has 2 amide bonds. The summed E-state index contributed by atoms with van der Waals surface area (Å²) in [5.74, 6) is 0. The van der Waals surface area contributed by atoms with E-state index in [9.17, 15) is 4.79 Å². The van der Waals surface area contributed by atoms with Gasteiger partial charge in [0, 0.05) is 38.8 Å². The minimum Gasteiger partial charge on any atom is -0.338 e. The van der Waals surface area contributed by atoms with Crippen LogP contribution < -0.4 is 5.32 Å². The lowest BCUT2D eigenvalue weighted by Gasteiger charge is -2.39. The molecule has 1 aliphatic carbocycles. The minimum absolute atomic E-state index is 0.119. The molecule has 1 aliphatic heterocycles. The van der Waals surface area contributed by atoms with Crippen molar-refractivity contribution in [1.82, 2.24) is 15.1 Å². The number of rotatable bonds is 5. The number of benzene rings is 1. The van der Waals surface area contributed by atoms with Crippen LogP contribution in [0.25, 0.3) is 0 Å². The maximum absolute atomic E-state index is 12.3. The number of aryl methyl sites for hydroxylation is 1. The van der Waals surface area contributed by atoms with Crippen molar-refractivity contribution in [2.24, 2.45) is 0 Å². The molecule has 0 unspecified atom stereocenters. The van der Waals surface area contributed by atoms with Crippen LogP contribution in [0.4, 0.5) is 4.79 Å². The third-order valence-corrected chi connectivity index (χ3v) is 5.70. The normalized spacial score (nSPS) is 20.2. The molecule has 1 saturated carbocycles. The van der Waals surface area contributed by atoms with Crippen LogP contribution in [0.2, 0.25) is 0 Å². The smallest absolute Gasteiger partial charge is 0.317 e. The Morgan fingerprint density at radius 2 is 1.64 bits per heavy atom. The van der Waals surface area contributed by atoms with Crippen LogP contribution in [0.15, 0.2) is 30.3 Å². The minimum atomic E-state index is 0.119. The van der Waals surface area contributed by atoms with Crippen molar-refractivity contribution in [3.63, 3.8) is 0 Å². The molecular weight excluding hydrogens is 310 g/mol. The van der Waals surface area contributed by atoms with Gasteiger partial charge in [0.15, 0.2) is 0 Å². The Morgan fingerprint density at radius 1 is 0.960 bits per heavy atom. The lowest BCUT2D eigenvalue weighted by atomic mass is 10.1. The van der Waals surface area contributed by atoms with Crippen LogP contribution >= 0.6 is 0 Å². The first-order valence-electron chi connectivity index (χ1n) is 10.1. The molecule has 4 nitrogen and oxygen atoms in total. The first-order chi connectivity index (χ1) is 12.3. The van der Waals surface area contributed by atoms with E-state index in [0.717, 1.165) is 51.6 Å². The molecule has 1 aromatic carbocycles. The van der Waals surface area contributed by atoms with Gasteiger partial charge in [-0.3, -0.25) is 4.90 Å². The maximum atomic E-state index is 12.3. The van der Waals surface area contributed by atoms with Crippen molar-refractivity contribution in [2.45, 2.75) is 57.4 Å². The average molecular weight is 344 g/mol. The molecule has 0 radical (unpaired) electrons. The molecule has 0 atom stereocenters. The third-order valence-electron chi connectivity index (χ3n) is 5.70. The number of nitrogens with zero attached hydrogens (tertiary/aromatic N) is 2. The Bertz CT molecular complexity index is 503. The van der Waals surface area contributed by atoms with Crippen LogP contribution in [-0.2, 0) is 6.42 Å². The van der Waals surface area contributed by atoms with Gasteiger partial charge in [-0.15, -0.1) is 0 Å². The molecule has 1 saturated heterocycles. The van der Waals surface area contributed by atoms with Gasteiger partial charge in [0.1, 0.15) is 0 Å². The van der Waals surface area contributed by atoms with E-state index in [-0.39, 0.29) is 6.03 Å². The summed E-state index contributed by atoms with van der Waals surface area (Å²) in [7, 11) is 0. The van der Waals surface area contributed by atoms with Crippen molar-refractivity contribution >= 4 is 6.03 Å². The molecule has 1 aromatic rings. The fraction of sp³-hybridized carbons (Fsp3) is 0.667. The first kappa shape index (κ1) is 18.2. The van der Waals surface area contributed by atoms with Crippen molar-refractivity contribution in [1.29, 1.82) is 0 Å². The zero-order valence-corrected chi connectivity index (χ0v) is 15.5. The summed E-state index contributed by atoms with van der Waals surface area (Å²) in [6.45, 7) is 4.60. The summed E-state index contributed by atoms with van der Waals surface area (Å²) in [4.78, 5) is 17.0. The van der Waals surface area contributed by atoms with Gasteiger partial charge < -0.3 is 10.2 Å². The highest BCUT2D eigenvalue weighted by molar-refractivity contribution is 5.74. The Morgan fingerprint density at radius 3 is 2.32 bits per heavy atom. The van der Waals surface area contributed by atoms with Crippen LogP contribution in [0, 0.1) is 0 Å². The highest BCUT2D eigenvalue weighted by atomic mass is 16.2. The van der Waals surface area contributed by atoms with Gasteiger partial charge in [0.25, 0.3) is 0 Å². The number of carbonyl (C=O) groups is 1. The molecule has 138 valence electrons. The van der Waals surface area contributed by atoms with Crippen LogP contribution in [0.3, 0.4) is 0 Å². The molecule has 3 rings (SSSR count). The van der Waals surface area contributed by atoms with Gasteiger partial charge in [-0.05, 0) is 31.2 Å². The standard InChI is InChI=1S/C21H33N3O/c25-21(22-14-8-11-19-9-4-3-5-10-19)24-17-15-23(16-18-24)20-12-6-1-2-7-13-20/h3-5,9-10,20H,1-2,6-8,11-18H2,(H,22,25). The SMILES string of the molecule is O=C(NCCCc1ccccc1)N1CCN(C2CCCCCC2)CC1. The summed E-state index contributed by atoms with van der Waals surface area (Å²) in [5.41, 5.74) is 1.34. The van der Waals surface area contributed by atoms with Crippen molar-refractivity contribution < 1.29 is 4.79 Å². The van der Waals surface area contributed by atoms with Crippen LogP contribution in [-0.4, -0.2) is 54.6 Å². The fourth-order valence-corrected chi connectivity index (χ4v) is 4.16. The van der Waals surface area contributed by atoms with E-state index in [4.69, 9.17) is 0 Å². The molecule has 25 heavy (non-hydrogen) atoms. The molecule has 1 heterocycles. The van der Waals surface area contributed by atoms with E-state index >= 15 is 0 Å². The summed E-state index contributed by atoms with van der Waals surface area (Å²) in [5, 5.41) is 3.10. The Labute approximate surface area is 152 Å². The Hall–Kier alpha value is -1.55. The highest BCUT2D eigenvalue weighted by Gasteiger charge is 2.26. The zero-order chi connectivity index (χ0) is 17.3. The molecule has 2 fully saturated rings. The van der Waals surface area contributed by atoms with Crippen LogP contribution in [0.5, 0.6) is 0 Å². The highest BCUT2D eigenvalue weighted by Crippen LogP contribution is 2.22. The molecule has 0 aromatic heterocycles. The fourth-order valence-electron chi connectivity index (χ4n) is 4.16. The lowest BCUT2D eigenvalue weighted by molar-refractivity contribution is 0.101. The number of urea groups is 1. The summed E-state index contributed by atoms with van der Waals surface area (Å²) >= 11 is 0. The van der Waals surface area contributed by atoms with Crippen molar-refractivity contribution in [2.75, 3.05) is 32.7 Å². The summed E-state index contributed by atoms with van der Waals surface area (Å²) < 4.78 is 0. The topological polar surface area (TPSA) is 35.6 Å². The number of amides is 2. The summed E-state index contributed by atoms with van der Waals surface area (Å²) in [6.07, 6.45) is 10.3. The molecule has 0 spiro atoms. The predicted octanol–water partition coefficient (Wildman–Crippen LogP) is 3.67. The zero-order valence-electron chi connectivity index (χ0n) is 15.5.